The van der Waals surface area contributed by atoms with Gasteiger partial charge >= 0.3 is 0 Å². The van der Waals surface area contributed by atoms with Crippen LogP contribution in [0.3, 0.4) is 0 Å². The third-order valence-corrected chi connectivity index (χ3v) is 3.25. The number of hydrogen-bond donors (Lipinski definition) is 1. The fourth-order valence-electron chi connectivity index (χ4n) is 1.96. The van der Waals surface area contributed by atoms with E-state index in [1.54, 1.807) is 0 Å². The van der Waals surface area contributed by atoms with Gasteiger partial charge in [0.1, 0.15) is 0 Å². The Labute approximate surface area is 87.2 Å². The molecule has 78 valence electrons. The van der Waals surface area contributed by atoms with Gasteiger partial charge in [-0.15, -0.1) is 11.6 Å². The van der Waals surface area contributed by atoms with E-state index in [-0.39, 0.29) is 5.54 Å². The zero-order valence-electron chi connectivity index (χ0n) is 8.91. The molecular formula is C11H22ClN. The largest absolute Gasteiger partial charge is 0.311 e. The van der Waals surface area contributed by atoms with Crippen LogP contribution in [0.25, 0.3) is 0 Å². The molecule has 1 N–H and O–H groups in total. The highest BCUT2D eigenvalue weighted by Gasteiger charge is 2.20. The Morgan fingerprint density at radius 3 is 2.46 bits per heavy atom. The summed E-state index contributed by atoms with van der Waals surface area (Å²) >= 11 is 5.74. The summed E-state index contributed by atoms with van der Waals surface area (Å²) in [5, 5.41) is 3.62. The summed E-state index contributed by atoms with van der Waals surface area (Å²) in [5.74, 6) is 1.68. The monoisotopic (exact) mass is 203 g/mol. The number of alkyl halides is 1. The minimum Gasteiger partial charge on any atom is -0.311 e. The van der Waals surface area contributed by atoms with Crippen LogP contribution >= 0.6 is 11.6 Å². The fourth-order valence-corrected chi connectivity index (χ4v) is 2.43. The Hall–Kier alpha value is 0.250. The van der Waals surface area contributed by atoms with E-state index in [1.807, 2.05) is 0 Å². The molecule has 0 bridgehead atoms. The molecule has 0 radical (unpaired) electrons. The molecule has 2 heteroatoms. The van der Waals surface area contributed by atoms with E-state index in [2.05, 4.69) is 19.2 Å². The number of halogens is 1. The van der Waals surface area contributed by atoms with Crippen molar-refractivity contribution in [1.82, 2.24) is 5.32 Å². The van der Waals surface area contributed by atoms with Crippen molar-refractivity contribution in [1.29, 1.82) is 0 Å². The fraction of sp³-hybridized carbons (Fsp3) is 1.00. The van der Waals surface area contributed by atoms with Gasteiger partial charge in [0.05, 0.1) is 0 Å². The highest BCUT2D eigenvalue weighted by atomic mass is 35.5. The van der Waals surface area contributed by atoms with E-state index >= 15 is 0 Å². The van der Waals surface area contributed by atoms with Crippen molar-refractivity contribution in [3.8, 4) is 0 Å². The molecular weight excluding hydrogens is 182 g/mol. The molecule has 13 heavy (non-hydrogen) atoms. The average Bonchev–Trinajstić information content (AvgIpc) is 2.52. The van der Waals surface area contributed by atoms with Crippen molar-refractivity contribution in [2.75, 3.05) is 12.4 Å². The molecule has 1 aliphatic rings. The number of nitrogens with one attached hydrogen (secondary N) is 1. The minimum atomic E-state index is 0.227. The Morgan fingerprint density at radius 1 is 1.31 bits per heavy atom. The van der Waals surface area contributed by atoms with Crippen molar-refractivity contribution in [2.45, 2.75) is 51.5 Å². The summed E-state index contributed by atoms with van der Waals surface area (Å²) in [6.45, 7) is 5.67. The predicted molar refractivity (Wildman–Crippen MR) is 59.4 cm³/mol. The van der Waals surface area contributed by atoms with Crippen LogP contribution in [0.15, 0.2) is 0 Å². The highest BCUT2D eigenvalue weighted by Crippen LogP contribution is 2.24. The summed E-state index contributed by atoms with van der Waals surface area (Å²) < 4.78 is 0. The molecule has 1 fully saturated rings. The normalized spacial score (nSPS) is 19.6. The molecule has 0 aliphatic heterocycles. The van der Waals surface area contributed by atoms with Gasteiger partial charge in [-0.1, -0.05) is 12.8 Å². The summed E-state index contributed by atoms with van der Waals surface area (Å²) in [6, 6.07) is 0. The lowest BCUT2D eigenvalue weighted by Crippen LogP contribution is -2.41. The van der Waals surface area contributed by atoms with Gasteiger partial charge in [0.2, 0.25) is 0 Å². The molecule has 0 spiro atoms. The van der Waals surface area contributed by atoms with Crippen LogP contribution in [0.1, 0.15) is 46.0 Å². The number of rotatable bonds is 5. The quantitative estimate of drug-likeness (QED) is 0.677. The van der Waals surface area contributed by atoms with Crippen LogP contribution in [0, 0.1) is 5.92 Å². The Morgan fingerprint density at radius 2 is 1.92 bits per heavy atom. The summed E-state index contributed by atoms with van der Waals surface area (Å²) in [4.78, 5) is 0. The first-order valence-electron chi connectivity index (χ1n) is 5.45. The molecule has 0 aromatic heterocycles. The third-order valence-electron chi connectivity index (χ3n) is 3.06. The zero-order chi connectivity index (χ0) is 9.73. The van der Waals surface area contributed by atoms with Crippen LogP contribution < -0.4 is 5.32 Å². The van der Waals surface area contributed by atoms with E-state index in [1.165, 1.54) is 32.2 Å². The first-order chi connectivity index (χ1) is 6.14. The first kappa shape index (κ1) is 11.3. The van der Waals surface area contributed by atoms with Crippen LogP contribution in [0.2, 0.25) is 0 Å². The van der Waals surface area contributed by atoms with Gasteiger partial charge in [-0.05, 0) is 45.6 Å². The molecule has 1 rings (SSSR count). The molecule has 0 heterocycles. The van der Waals surface area contributed by atoms with E-state index in [0.717, 1.165) is 18.2 Å². The van der Waals surface area contributed by atoms with Crippen LogP contribution in [-0.4, -0.2) is 18.0 Å². The number of hydrogen-bond acceptors (Lipinski definition) is 1. The Balaban J connectivity index is 2.15. The minimum absolute atomic E-state index is 0.227. The lowest BCUT2D eigenvalue weighted by molar-refractivity contribution is 0.341. The van der Waals surface area contributed by atoms with Gasteiger partial charge in [0.25, 0.3) is 0 Å². The maximum absolute atomic E-state index is 5.74. The smallest absolute Gasteiger partial charge is 0.0240 e. The maximum atomic E-state index is 5.74. The summed E-state index contributed by atoms with van der Waals surface area (Å²) in [5.41, 5.74) is 0.227. The van der Waals surface area contributed by atoms with E-state index < -0.39 is 0 Å². The SMILES string of the molecule is CC(C)(CCCl)NCC1CCCC1. The zero-order valence-corrected chi connectivity index (χ0v) is 9.66. The van der Waals surface area contributed by atoms with Crippen molar-refractivity contribution >= 4 is 11.6 Å². The average molecular weight is 204 g/mol. The van der Waals surface area contributed by atoms with Gasteiger partial charge in [0.15, 0.2) is 0 Å². The van der Waals surface area contributed by atoms with E-state index in [9.17, 15) is 0 Å². The second-order valence-corrected chi connectivity index (χ2v) is 5.23. The Kier molecular flexibility index (Phi) is 4.54. The molecule has 0 atom stereocenters. The van der Waals surface area contributed by atoms with Gasteiger partial charge in [-0.25, -0.2) is 0 Å². The van der Waals surface area contributed by atoms with Gasteiger partial charge in [0, 0.05) is 11.4 Å². The van der Waals surface area contributed by atoms with E-state index in [4.69, 9.17) is 11.6 Å². The predicted octanol–water partition coefficient (Wildman–Crippen LogP) is 3.17. The van der Waals surface area contributed by atoms with Crippen molar-refractivity contribution in [2.24, 2.45) is 5.92 Å². The van der Waals surface area contributed by atoms with E-state index in [0.29, 0.717) is 0 Å². The van der Waals surface area contributed by atoms with Gasteiger partial charge < -0.3 is 5.32 Å². The van der Waals surface area contributed by atoms with Crippen LogP contribution in [-0.2, 0) is 0 Å². The molecule has 0 aromatic rings. The molecule has 0 aromatic carbocycles. The molecule has 1 aliphatic carbocycles. The highest BCUT2D eigenvalue weighted by molar-refractivity contribution is 6.17. The van der Waals surface area contributed by atoms with Crippen molar-refractivity contribution in [3.63, 3.8) is 0 Å². The van der Waals surface area contributed by atoms with Crippen molar-refractivity contribution < 1.29 is 0 Å². The van der Waals surface area contributed by atoms with Crippen molar-refractivity contribution in [3.05, 3.63) is 0 Å². The lowest BCUT2D eigenvalue weighted by atomic mass is 10.00. The first-order valence-corrected chi connectivity index (χ1v) is 5.98. The third kappa shape index (κ3) is 4.33. The standard InChI is InChI=1S/C11H22ClN/c1-11(2,7-8-12)13-9-10-5-3-4-6-10/h10,13H,3-9H2,1-2H3. The maximum Gasteiger partial charge on any atom is 0.0240 e. The topological polar surface area (TPSA) is 12.0 Å². The molecule has 0 unspecified atom stereocenters. The molecule has 0 saturated heterocycles. The second kappa shape index (κ2) is 5.21. The summed E-state index contributed by atoms with van der Waals surface area (Å²) in [7, 11) is 0. The molecule has 1 nitrogen and oxygen atoms in total. The molecule has 0 amide bonds. The Bertz CT molecular complexity index is 139. The van der Waals surface area contributed by atoms with Gasteiger partial charge in [-0.3, -0.25) is 0 Å². The lowest BCUT2D eigenvalue weighted by Gasteiger charge is -2.27. The second-order valence-electron chi connectivity index (χ2n) is 4.85. The van der Waals surface area contributed by atoms with Gasteiger partial charge in [-0.2, -0.15) is 0 Å². The summed E-state index contributed by atoms with van der Waals surface area (Å²) in [6.07, 6.45) is 6.76. The molecule has 1 saturated carbocycles. The van der Waals surface area contributed by atoms with Crippen LogP contribution in [0.4, 0.5) is 0 Å². The van der Waals surface area contributed by atoms with Crippen LogP contribution in [0.5, 0.6) is 0 Å².